The summed E-state index contributed by atoms with van der Waals surface area (Å²) in [6.07, 6.45) is 2.18. The van der Waals surface area contributed by atoms with Crippen LogP contribution in [0.15, 0.2) is 24.8 Å². The van der Waals surface area contributed by atoms with Gasteiger partial charge in [-0.15, -0.1) is 0 Å². The molecule has 0 aliphatic rings. The third-order valence-electron chi connectivity index (χ3n) is 1.93. The van der Waals surface area contributed by atoms with Gasteiger partial charge in [0.05, 0.1) is 10.5 Å². The number of nitrogens with zero attached hydrogens (tertiary/aromatic N) is 1. The lowest BCUT2D eigenvalue weighted by atomic mass is 10.1. The third-order valence-corrected chi connectivity index (χ3v) is 1.93. The fraction of sp³-hybridized carbons (Fsp3) is 0.200. The topological polar surface area (TPSA) is 43.1 Å². The number of nitro groups is 1. The zero-order valence-electron chi connectivity index (χ0n) is 7.49. The number of rotatable bonds is 3. The molecule has 1 aromatic rings. The summed E-state index contributed by atoms with van der Waals surface area (Å²) in [5.41, 5.74) is 1.52. The van der Waals surface area contributed by atoms with Crippen molar-refractivity contribution >= 4 is 11.8 Å². The zero-order chi connectivity index (χ0) is 9.84. The molecular weight excluding hydrogens is 166 g/mol. The van der Waals surface area contributed by atoms with Gasteiger partial charge in [-0.2, -0.15) is 0 Å². The Bertz CT molecular complexity index is 345. The number of para-hydroxylation sites is 1. The quantitative estimate of drug-likeness (QED) is 0.526. The number of hydrogen-bond acceptors (Lipinski definition) is 2. The molecule has 68 valence electrons. The van der Waals surface area contributed by atoms with Crippen LogP contribution in [-0.4, -0.2) is 4.92 Å². The molecule has 0 radical (unpaired) electrons. The van der Waals surface area contributed by atoms with Crippen LogP contribution in [0.3, 0.4) is 0 Å². The van der Waals surface area contributed by atoms with E-state index in [-0.39, 0.29) is 10.6 Å². The van der Waals surface area contributed by atoms with E-state index < -0.39 is 0 Å². The smallest absolute Gasteiger partial charge is 0.258 e. The second-order valence-corrected chi connectivity index (χ2v) is 2.67. The van der Waals surface area contributed by atoms with Crippen LogP contribution in [0.25, 0.3) is 6.08 Å². The van der Waals surface area contributed by atoms with E-state index >= 15 is 0 Å². The molecule has 3 nitrogen and oxygen atoms in total. The molecule has 0 unspecified atom stereocenters. The Balaban J connectivity index is 3.38. The summed E-state index contributed by atoms with van der Waals surface area (Å²) in [6.45, 7) is 5.44. The summed E-state index contributed by atoms with van der Waals surface area (Å²) < 4.78 is 0. The van der Waals surface area contributed by atoms with E-state index in [1.165, 1.54) is 6.08 Å². The van der Waals surface area contributed by atoms with Gasteiger partial charge < -0.3 is 0 Å². The van der Waals surface area contributed by atoms with E-state index in [1.54, 1.807) is 12.1 Å². The fourth-order valence-electron chi connectivity index (χ4n) is 1.28. The average Bonchev–Trinajstić information content (AvgIpc) is 2.16. The fourth-order valence-corrected chi connectivity index (χ4v) is 1.28. The molecule has 0 aliphatic heterocycles. The Morgan fingerprint density at radius 1 is 1.62 bits per heavy atom. The molecule has 0 bridgehead atoms. The Hall–Kier alpha value is -1.64. The third kappa shape index (κ3) is 1.75. The second-order valence-electron chi connectivity index (χ2n) is 2.67. The molecule has 1 aromatic carbocycles. The highest BCUT2D eigenvalue weighted by Crippen LogP contribution is 2.24. The number of benzene rings is 1. The van der Waals surface area contributed by atoms with Crippen molar-refractivity contribution in [2.75, 3.05) is 0 Å². The van der Waals surface area contributed by atoms with Crippen molar-refractivity contribution in [2.45, 2.75) is 13.3 Å². The second kappa shape index (κ2) is 3.85. The molecule has 0 N–H and O–H groups in total. The maximum atomic E-state index is 10.7. The van der Waals surface area contributed by atoms with Crippen molar-refractivity contribution in [1.29, 1.82) is 0 Å². The highest BCUT2D eigenvalue weighted by Gasteiger charge is 2.15. The first-order chi connectivity index (χ1) is 6.20. The van der Waals surface area contributed by atoms with E-state index in [1.807, 2.05) is 13.0 Å². The summed E-state index contributed by atoms with van der Waals surface area (Å²) in [4.78, 5) is 10.4. The van der Waals surface area contributed by atoms with Crippen LogP contribution in [0.4, 0.5) is 5.69 Å². The van der Waals surface area contributed by atoms with Crippen molar-refractivity contribution in [3.8, 4) is 0 Å². The van der Waals surface area contributed by atoms with Crippen LogP contribution < -0.4 is 0 Å². The van der Waals surface area contributed by atoms with Gasteiger partial charge in [-0.25, -0.2) is 0 Å². The molecule has 1 rings (SSSR count). The van der Waals surface area contributed by atoms with Crippen molar-refractivity contribution in [3.63, 3.8) is 0 Å². The summed E-state index contributed by atoms with van der Waals surface area (Å²) in [5.74, 6) is 0. The molecule has 13 heavy (non-hydrogen) atoms. The standard InChI is InChI=1S/C10H11NO2/c1-3-8-6-5-7-9(4-2)10(8)11(12)13/h3,5-7H,1,4H2,2H3. The van der Waals surface area contributed by atoms with Crippen LogP contribution in [0, 0.1) is 10.1 Å². The lowest BCUT2D eigenvalue weighted by molar-refractivity contribution is -0.385. The van der Waals surface area contributed by atoms with Crippen molar-refractivity contribution < 1.29 is 4.92 Å². The van der Waals surface area contributed by atoms with E-state index in [0.717, 1.165) is 5.56 Å². The molecule has 0 aromatic heterocycles. The van der Waals surface area contributed by atoms with Gasteiger partial charge in [-0.1, -0.05) is 31.7 Å². The molecule has 0 aliphatic carbocycles. The van der Waals surface area contributed by atoms with Crippen LogP contribution in [0.5, 0.6) is 0 Å². The SMILES string of the molecule is C=Cc1cccc(CC)c1[N+](=O)[O-]. The van der Waals surface area contributed by atoms with E-state index in [0.29, 0.717) is 12.0 Å². The van der Waals surface area contributed by atoms with Crippen molar-refractivity contribution in [3.05, 3.63) is 46.0 Å². The Kier molecular flexibility index (Phi) is 2.80. The summed E-state index contributed by atoms with van der Waals surface area (Å²) in [6, 6.07) is 5.28. The maximum absolute atomic E-state index is 10.7. The molecule has 0 fully saturated rings. The van der Waals surface area contributed by atoms with Gasteiger partial charge in [-0.05, 0) is 12.5 Å². The lowest BCUT2D eigenvalue weighted by Gasteiger charge is -2.01. The summed E-state index contributed by atoms with van der Waals surface area (Å²) >= 11 is 0. The van der Waals surface area contributed by atoms with Gasteiger partial charge in [0.15, 0.2) is 0 Å². The highest BCUT2D eigenvalue weighted by molar-refractivity contribution is 5.62. The van der Waals surface area contributed by atoms with E-state index in [4.69, 9.17) is 0 Å². The van der Waals surface area contributed by atoms with Crippen LogP contribution in [0.2, 0.25) is 0 Å². The molecule has 0 amide bonds. The summed E-state index contributed by atoms with van der Waals surface area (Å²) in [5, 5.41) is 10.7. The molecule has 0 heterocycles. The molecule has 0 atom stereocenters. The predicted molar refractivity (Wildman–Crippen MR) is 52.6 cm³/mol. The Morgan fingerprint density at radius 3 is 2.77 bits per heavy atom. The predicted octanol–water partition coefficient (Wildman–Crippen LogP) is 2.80. The normalized spacial score (nSPS) is 9.62. The average molecular weight is 177 g/mol. The zero-order valence-corrected chi connectivity index (χ0v) is 7.49. The van der Waals surface area contributed by atoms with Gasteiger partial charge >= 0.3 is 0 Å². The molecule has 3 heteroatoms. The largest absolute Gasteiger partial charge is 0.279 e. The lowest BCUT2D eigenvalue weighted by Crippen LogP contribution is -1.96. The molecule has 0 spiro atoms. The van der Waals surface area contributed by atoms with Gasteiger partial charge in [-0.3, -0.25) is 10.1 Å². The van der Waals surface area contributed by atoms with E-state index in [9.17, 15) is 10.1 Å². The summed E-state index contributed by atoms with van der Waals surface area (Å²) in [7, 11) is 0. The van der Waals surface area contributed by atoms with Crippen molar-refractivity contribution in [2.24, 2.45) is 0 Å². The van der Waals surface area contributed by atoms with E-state index in [2.05, 4.69) is 6.58 Å². The molecular formula is C10H11NO2. The van der Waals surface area contributed by atoms with Gasteiger partial charge in [0.1, 0.15) is 0 Å². The Morgan fingerprint density at radius 2 is 2.31 bits per heavy atom. The monoisotopic (exact) mass is 177 g/mol. The number of nitro benzene ring substituents is 1. The minimum absolute atomic E-state index is 0.181. The van der Waals surface area contributed by atoms with Crippen molar-refractivity contribution in [1.82, 2.24) is 0 Å². The first-order valence-electron chi connectivity index (χ1n) is 4.09. The first kappa shape index (κ1) is 9.45. The number of aryl methyl sites for hydroxylation is 1. The minimum atomic E-state index is -0.351. The van der Waals surface area contributed by atoms with Crippen LogP contribution in [0.1, 0.15) is 18.1 Å². The number of hydrogen-bond donors (Lipinski definition) is 0. The highest BCUT2D eigenvalue weighted by atomic mass is 16.6. The van der Waals surface area contributed by atoms with Gasteiger partial charge in [0.25, 0.3) is 5.69 Å². The van der Waals surface area contributed by atoms with Gasteiger partial charge in [0, 0.05) is 5.56 Å². The molecule has 0 saturated heterocycles. The minimum Gasteiger partial charge on any atom is -0.258 e. The van der Waals surface area contributed by atoms with Crippen LogP contribution in [-0.2, 0) is 6.42 Å². The Labute approximate surface area is 76.9 Å². The maximum Gasteiger partial charge on any atom is 0.279 e. The van der Waals surface area contributed by atoms with Gasteiger partial charge in [0.2, 0.25) is 0 Å². The van der Waals surface area contributed by atoms with Crippen LogP contribution >= 0.6 is 0 Å². The first-order valence-corrected chi connectivity index (χ1v) is 4.09. The molecule has 0 saturated carbocycles.